The van der Waals surface area contributed by atoms with E-state index in [4.69, 9.17) is 0 Å². The van der Waals surface area contributed by atoms with Gasteiger partial charge in [-0.2, -0.15) is 0 Å². The highest BCUT2D eigenvalue weighted by molar-refractivity contribution is 5.78. The SMILES string of the molecule is C=C/C=C(\C=C)N1CCNC1=O. The van der Waals surface area contributed by atoms with Crippen molar-refractivity contribution in [3.63, 3.8) is 0 Å². The minimum atomic E-state index is -0.0667. The van der Waals surface area contributed by atoms with Crippen molar-refractivity contribution < 1.29 is 4.79 Å². The first kappa shape index (κ1) is 8.59. The third-order valence-electron chi connectivity index (χ3n) is 1.67. The summed E-state index contributed by atoms with van der Waals surface area (Å²) in [5.41, 5.74) is 0.792. The van der Waals surface area contributed by atoms with Crippen LogP contribution in [0.25, 0.3) is 0 Å². The first-order valence-electron chi connectivity index (χ1n) is 3.80. The number of nitrogens with one attached hydrogen (secondary N) is 1. The second-order valence-electron chi connectivity index (χ2n) is 2.41. The number of hydrogen-bond acceptors (Lipinski definition) is 1. The molecule has 0 aliphatic carbocycles. The van der Waals surface area contributed by atoms with Crippen LogP contribution in [0.3, 0.4) is 0 Å². The summed E-state index contributed by atoms with van der Waals surface area (Å²) in [6, 6.07) is -0.0667. The standard InChI is InChI=1S/C9H12N2O/c1-3-5-8(4-2)11-7-6-10-9(11)12/h3-5H,1-2,6-7H2,(H,10,12)/b8-5+. The van der Waals surface area contributed by atoms with Crippen LogP contribution in [0.4, 0.5) is 4.79 Å². The molecule has 0 spiro atoms. The van der Waals surface area contributed by atoms with Crippen molar-refractivity contribution in [2.45, 2.75) is 0 Å². The Labute approximate surface area is 72.1 Å². The first-order valence-corrected chi connectivity index (χ1v) is 3.80. The second kappa shape index (κ2) is 3.76. The monoisotopic (exact) mass is 164 g/mol. The van der Waals surface area contributed by atoms with E-state index >= 15 is 0 Å². The Balaban J connectivity index is 2.78. The van der Waals surface area contributed by atoms with Gasteiger partial charge in [0.1, 0.15) is 0 Å². The molecule has 64 valence electrons. The quantitative estimate of drug-likeness (QED) is 0.626. The summed E-state index contributed by atoms with van der Waals surface area (Å²) in [5, 5.41) is 2.71. The van der Waals surface area contributed by atoms with Crippen molar-refractivity contribution in [2.75, 3.05) is 13.1 Å². The van der Waals surface area contributed by atoms with Gasteiger partial charge in [-0.3, -0.25) is 4.90 Å². The zero-order chi connectivity index (χ0) is 8.97. The number of amides is 2. The van der Waals surface area contributed by atoms with Crippen LogP contribution in [0.15, 0.2) is 37.1 Å². The van der Waals surface area contributed by atoms with Crippen LogP contribution in [0.5, 0.6) is 0 Å². The van der Waals surface area contributed by atoms with E-state index in [1.807, 2.05) is 0 Å². The van der Waals surface area contributed by atoms with E-state index in [1.54, 1.807) is 23.1 Å². The Hall–Kier alpha value is -1.51. The number of urea groups is 1. The molecule has 12 heavy (non-hydrogen) atoms. The molecule has 2 amide bonds. The number of carbonyl (C=O) groups is 1. The fraction of sp³-hybridized carbons (Fsp3) is 0.222. The summed E-state index contributed by atoms with van der Waals surface area (Å²) in [6.45, 7) is 8.58. The maximum absolute atomic E-state index is 11.1. The largest absolute Gasteiger partial charge is 0.336 e. The minimum Gasteiger partial charge on any atom is -0.336 e. The van der Waals surface area contributed by atoms with Crippen molar-refractivity contribution in [3.05, 3.63) is 37.1 Å². The smallest absolute Gasteiger partial charge is 0.321 e. The topological polar surface area (TPSA) is 32.3 Å². The Morgan fingerprint density at radius 2 is 2.33 bits per heavy atom. The lowest BCUT2D eigenvalue weighted by Gasteiger charge is -2.14. The first-order chi connectivity index (χ1) is 5.79. The van der Waals surface area contributed by atoms with Gasteiger partial charge in [0.25, 0.3) is 0 Å². The molecular formula is C9H12N2O. The van der Waals surface area contributed by atoms with Crippen LogP contribution in [-0.4, -0.2) is 24.0 Å². The fourth-order valence-corrected chi connectivity index (χ4v) is 1.11. The molecule has 1 N–H and O–H groups in total. The van der Waals surface area contributed by atoms with E-state index in [2.05, 4.69) is 18.5 Å². The Bertz CT molecular complexity index is 243. The predicted molar refractivity (Wildman–Crippen MR) is 48.6 cm³/mol. The predicted octanol–water partition coefficient (Wildman–Crippen LogP) is 1.27. The van der Waals surface area contributed by atoms with Gasteiger partial charge >= 0.3 is 6.03 Å². The van der Waals surface area contributed by atoms with E-state index in [9.17, 15) is 4.79 Å². The molecule has 0 aromatic carbocycles. The molecule has 1 heterocycles. The molecule has 0 aromatic rings. The van der Waals surface area contributed by atoms with Gasteiger partial charge in [-0.05, 0) is 12.2 Å². The van der Waals surface area contributed by atoms with Crippen molar-refractivity contribution in [3.8, 4) is 0 Å². The summed E-state index contributed by atoms with van der Waals surface area (Å²) >= 11 is 0. The van der Waals surface area contributed by atoms with Crippen molar-refractivity contribution in [1.29, 1.82) is 0 Å². The molecule has 0 atom stereocenters. The third-order valence-corrected chi connectivity index (χ3v) is 1.67. The lowest BCUT2D eigenvalue weighted by atomic mass is 10.3. The Morgan fingerprint density at radius 1 is 1.58 bits per heavy atom. The highest BCUT2D eigenvalue weighted by Crippen LogP contribution is 2.08. The summed E-state index contributed by atoms with van der Waals surface area (Å²) in [4.78, 5) is 12.8. The van der Waals surface area contributed by atoms with Crippen molar-refractivity contribution >= 4 is 6.03 Å². The van der Waals surface area contributed by atoms with Crippen LogP contribution < -0.4 is 5.32 Å². The molecule has 1 fully saturated rings. The van der Waals surface area contributed by atoms with Gasteiger partial charge in [0, 0.05) is 18.8 Å². The van der Waals surface area contributed by atoms with Crippen LogP contribution >= 0.6 is 0 Å². The number of allylic oxidation sites excluding steroid dienone is 3. The molecule has 0 bridgehead atoms. The molecule has 0 radical (unpaired) electrons. The second-order valence-corrected chi connectivity index (χ2v) is 2.41. The zero-order valence-electron chi connectivity index (χ0n) is 6.92. The van der Waals surface area contributed by atoms with Gasteiger partial charge in [0.15, 0.2) is 0 Å². The molecule has 0 unspecified atom stereocenters. The molecule has 3 heteroatoms. The summed E-state index contributed by atoms with van der Waals surface area (Å²) in [7, 11) is 0. The number of nitrogens with zero attached hydrogens (tertiary/aromatic N) is 1. The number of rotatable bonds is 3. The maximum Gasteiger partial charge on any atom is 0.321 e. The van der Waals surface area contributed by atoms with Crippen LogP contribution in [-0.2, 0) is 0 Å². The van der Waals surface area contributed by atoms with Crippen LogP contribution in [0, 0.1) is 0 Å². The van der Waals surface area contributed by atoms with Gasteiger partial charge in [-0.1, -0.05) is 19.2 Å². The highest BCUT2D eigenvalue weighted by Gasteiger charge is 2.20. The average Bonchev–Trinajstić information content (AvgIpc) is 2.47. The minimum absolute atomic E-state index is 0.0667. The number of hydrogen-bond donors (Lipinski definition) is 1. The van der Waals surface area contributed by atoms with Gasteiger partial charge in [0.2, 0.25) is 0 Å². The van der Waals surface area contributed by atoms with E-state index < -0.39 is 0 Å². The average molecular weight is 164 g/mol. The molecular weight excluding hydrogens is 152 g/mol. The van der Waals surface area contributed by atoms with Gasteiger partial charge in [0.05, 0.1) is 0 Å². The Morgan fingerprint density at radius 3 is 2.75 bits per heavy atom. The van der Waals surface area contributed by atoms with E-state index in [0.717, 1.165) is 5.70 Å². The molecule has 3 nitrogen and oxygen atoms in total. The Kier molecular flexibility index (Phi) is 2.69. The van der Waals surface area contributed by atoms with E-state index in [-0.39, 0.29) is 6.03 Å². The number of carbonyl (C=O) groups excluding carboxylic acids is 1. The summed E-state index contributed by atoms with van der Waals surface area (Å²) < 4.78 is 0. The normalized spacial score (nSPS) is 17.5. The molecule has 0 saturated carbocycles. The van der Waals surface area contributed by atoms with Crippen LogP contribution in [0.1, 0.15) is 0 Å². The summed E-state index contributed by atoms with van der Waals surface area (Å²) in [6.07, 6.45) is 5.05. The molecule has 0 aromatic heterocycles. The van der Waals surface area contributed by atoms with Crippen LogP contribution in [0.2, 0.25) is 0 Å². The molecule has 1 rings (SSSR count). The molecule has 1 saturated heterocycles. The lowest BCUT2D eigenvalue weighted by Crippen LogP contribution is -2.26. The molecule has 1 aliphatic rings. The van der Waals surface area contributed by atoms with Crippen molar-refractivity contribution in [2.24, 2.45) is 0 Å². The zero-order valence-corrected chi connectivity index (χ0v) is 6.92. The third kappa shape index (κ3) is 1.56. The molecule has 1 aliphatic heterocycles. The fourth-order valence-electron chi connectivity index (χ4n) is 1.11. The van der Waals surface area contributed by atoms with Gasteiger partial charge in [-0.15, -0.1) is 0 Å². The summed E-state index contributed by atoms with van der Waals surface area (Å²) in [5.74, 6) is 0. The van der Waals surface area contributed by atoms with Gasteiger partial charge < -0.3 is 5.32 Å². The maximum atomic E-state index is 11.1. The van der Waals surface area contributed by atoms with Gasteiger partial charge in [-0.25, -0.2) is 4.79 Å². The van der Waals surface area contributed by atoms with E-state index in [0.29, 0.717) is 13.1 Å². The lowest BCUT2D eigenvalue weighted by molar-refractivity contribution is 0.228. The van der Waals surface area contributed by atoms with E-state index in [1.165, 1.54) is 0 Å². The van der Waals surface area contributed by atoms with Crippen molar-refractivity contribution in [1.82, 2.24) is 10.2 Å². The highest BCUT2D eigenvalue weighted by atomic mass is 16.2.